The van der Waals surface area contributed by atoms with Crippen LogP contribution < -0.4 is 28.4 Å². The number of rotatable bonds is 46. The first kappa shape index (κ1) is 59.0. The average Bonchev–Trinajstić information content (AvgIpc) is 3.37. The highest BCUT2D eigenvalue weighted by Gasteiger charge is 2.21. The molecule has 0 heterocycles. The van der Waals surface area contributed by atoms with E-state index in [-0.39, 0.29) is 0 Å². The lowest BCUT2D eigenvalue weighted by atomic mass is 9.93. The summed E-state index contributed by atoms with van der Waals surface area (Å²) in [5.41, 5.74) is 0. The van der Waals surface area contributed by atoms with Gasteiger partial charge in [0.2, 0.25) is 0 Å². The second-order valence-electron chi connectivity index (χ2n) is 20.5. The zero-order valence-corrected chi connectivity index (χ0v) is 46.2. The highest BCUT2D eigenvalue weighted by Crippen LogP contribution is 2.47. The second kappa shape index (κ2) is 38.1. The van der Waals surface area contributed by atoms with Gasteiger partial charge in [0.05, 0.1) is 39.6 Å². The molecule has 0 amide bonds. The lowest BCUT2D eigenvalue weighted by Gasteiger charge is -2.21. The summed E-state index contributed by atoms with van der Waals surface area (Å²) < 4.78 is 40.4. The van der Waals surface area contributed by atoms with Crippen molar-refractivity contribution in [1.29, 1.82) is 0 Å². The van der Waals surface area contributed by atoms with Crippen LogP contribution in [0.15, 0.2) is 36.4 Å². The number of hydrogen-bond acceptors (Lipinski definition) is 6. The van der Waals surface area contributed by atoms with E-state index in [1.807, 2.05) is 0 Å². The first-order chi connectivity index (χ1) is 34.6. The molecule has 0 unspecified atom stereocenters. The largest absolute Gasteiger partial charge is 0.490 e. The fourth-order valence-electron chi connectivity index (χ4n) is 9.73. The summed E-state index contributed by atoms with van der Waals surface area (Å²) in [6, 6.07) is 13.5. The molecule has 4 aromatic carbocycles. The molecule has 0 radical (unpaired) electrons. The molecule has 0 fully saturated rings. The molecular weight excluding hydrogens is 865 g/mol. The normalized spacial score (nSPS) is 11.6. The number of unbranched alkanes of at least 4 members (excludes halogenated alkanes) is 28. The Balaban J connectivity index is 1.75. The van der Waals surface area contributed by atoms with E-state index in [1.54, 1.807) is 0 Å². The minimum atomic E-state index is 0.668. The van der Waals surface area contributed by atoms with Crippen molar-refractivity contribution >= 4 is 32.3 Å². The summed E-state index contributed by atoms with van der Waals surface area (Å²) >= 11 is 0. The monoisotopic (exact) mass is 969 g/mol. The molecular formula is C64H104O6. The minimum Gasteiger partial charge on any atom is -0.490 e. The molecule has 0 aromatic heterocycles. The molecule has 0 saturated carbocycles. The minimum absolute atomic E-state index is 0.668. The molecule has 0 saturated heterocycles. The number of ether oxygens (including phenoxy) is 6. The predicted octanol–water partition coefficient (Wildman–Crippen LogP) is 20.8. The van der Waals surface area contributed by atoms with Gasteiger partial charge in [-0.05, 0) is 107 Å². The fourth-order valence-corrected chi connectivity index (χ4v) is 9.73. The first-order valence-electron chi connectivity index (χ1n) is 29.9. The van der Waals surface area contributed by atoms with Crippen LogP contribution in [0, 0.1) is 0 Å². The highest BCUT2D eigenvalue weighted by molar-refractivity contribution is 6.26. The van der Waals surface area contributed by atoms with Crippen LogP contribution in [0.1, 0.15) is 260 Å². The Hall–Kier alpha value is -3.54. The van der Waals surface area contributed by atoms with E-state index in [0.29, 0.717) is 39.6 Å². The van der Waals surface area contributed by atoms with Crippen molar-refractivity contribution in [2.75, 3.05) is 39.6 Å². The molecule has 0 bridgehead atoms. The van der Waals surface area contributed by atoms with Crippen LogP contribution in [-0.2, 0) is 0 Å². The van der Waals surface area contributed by atoms with Gasteiger partial charge in [-0.3, -0.25) is 0 Å². The van der Waals surface area contributed by atoms with Crippen LogP contribution in [-0.4, -0.2) is 39.6 Å². The Bertz CT molecular complexity index is 1890. The van der Waals surface area contributed by atoms with Gasteiger partial charge in [0.25, 0.3) is 0 Å². The van der Waals surface area contributed by atoms with Crippen LogP contribution in [0.3, 0.4) is 0 Å². The second-order valence-corrected chi connectivity index (χ2v) is 20.5. The van der Waals surface area contributed by atoms with Crippen molar-refractivity contribution in [3.05, 3.63) is 36.4 Å². The Morgan fingerprint density at radius 3 is 0.471 bits per heavy atom. The molecule has 0 aliphatic rings. The molecule has 4 rings (SSSR count). The SMILES string of the molecule is CCCCCCCCCCCCCCCCOc1cc2c3cc(OCCCCCC)c(OCCCCCC)cc3c3cc(OCCCCCC)c(OCCCCCC)cc3c2cc1OCCCCCC. The summed E-state index contributed by atoms with van der Waals surface area (Å²) in [4.78, 5) is 0. The molecule has 6 heteroatoms. The predicted molar refractivity (Wildman–Crippen MR) is 303 cm³/mol. The average molecular weight is 970 g/mol. The van der Waals surface area contributed by atoms with Crippen LogP contribution in [0.5, 0.6) is 34.5 Å². The smallest absolute Gasteiger partial charge is 0.161 e. The van der Waals surface area contributed by atoms with Crippen LogP contribution in [0.25, 0.3) is 32.3 Å². The topological polar surface area (TPSA) is 55.4 Å². The molecule has 0 atom stereocenters. The van der Waals surface area contributed by atoms with E-state index in [2.05, 4.69) is 77.9 Å². The van der Waals surface area contributed by atoms with Gasteiger partial charge in [-0.25, -0.2) is 0 Å². The first-order valence-corrected chi connectivity index (χ1v) is 29.9. The summed E-state index contributed by atoms with van der Waals surface area (Å²) in [5.74, 6) is 4.93. The molecule has 0 aliphatic heterocycles. The Morgan fingerprint density at radius 1 is 0.186 bits per heavy atom. The fraction of sp³-hybridized carbons (Fsp3) is 0.719. The maximum absolute atomic E-state index is 6.81. The number of fused-ring (bicyclic) bond motifs is 6. The third-order valence-corrected chi connectivity index (χ3v) is 14.2. The van der Waals surface area contributed by atoms with Crippen molar-refractivity contribution < 1.29 is 28.4 Å². The van der Waals surface area contributed by atoms with Gasteiger partial charge < -0.3 is 28.4 Å². The van der Waals surface area contributed by atoms with Crippen molar-refractivity contribution in [2.45, 2.75) is 260 Å². The van der Waals surface area contributed by atoms with Crippen molar-refractivity contribution in [3.63, 3.8) is 0 Å². The number of hydrogen-bond donors (Lipinski definition) is 0. The van der Waals surface area contributed by atoms with E-state index < -0.39 is 0 Å². The Kier molecular flexibility index (Phi) is 32.2. The van der Waals surface area contributed by atoms with Crippen molar-refractivity contribution in [3.8, 4) is 34.5 Å². The zero-order chi connectivity index (χ0) is 49.7. The van der Waals surface area contributed by atoms with Gasteiger partial charge in [-0.1, -0.05) is 221 Å². The van der Waals surface area contributed by atoms with Crippen LogP contribution >= 0.6 is 0 Å². The van der Waals surface area contributed by atoms with Crippen LogP contribution in [0.2, 0.25) is 0 Å². The zero-order valence-electron chi connectivity index (χ0n) is 46.2. The standard InChI is InChI=1S/C64H104O6/c1-7-13-19-25-26-27-28-29-30-31-32-33-34-40-46-70-64-52-58-56-50-62(68-44-38-23-17-11-5)60(66-42-36-21-15-9-3)48-54(56)53-47-59(65-41-35-20-14-8-2)61(67-43-37-22-16-10-4)49-55(53)57(58)51-63(64)69-45-39-24-18-12-6/h47-52H,7-46H2,1-6H3. The third-order valence-electron chi connectivity index (χ3n) is 14.2. The lowest BCUT2D eigenvalue weighted by Crippen LogP contribution is -2.05. The molecule has 70 heavy (non-hydrogen) atoms. The summed E-state index contributed by atoms with van der Waals surface area (Å²) in [7, 11) is 0. The van der Waals surface area contributed by atoms with Crippen molar-refractivity contribution in [1.82, 2.24) is 0 Å². The molecule has 0 N–H and O–H groups in total. The molecule has 0 spiro atoms. The van der Waals surface area contributed by atoms with Gasteiger partial charge in [0.1, 0.15) is 0 Å². The van der Waals surface area contributed by atoms with E-state index >= 15 is 0 Å². The maximum atomic E-state index is 6.81. The van der Waals surface area contributed by atoms with Crippen LogP contribution in [0.4, 0.5) is 0 Å². The van der Waals surface area contributed by atoms with E-state index in [1.165, 1.54) is 148 Å². The van der Waals surface area contributed by atoms with Crippen molar-refractivity contribution in [2.24, 2.45) is 0 Å². The maximum Gasteiger partial charge on any atom is 0.161 e. The lowest BCUT2D eigenvalue weighted by molar-refractivity contribution is 0.259. The Morgan fingerprint density at radius 2 is 0.314 bits per heavy atom. The van der Waals surface area contributed by atoms with Gasteiger partial charge in [0.15, 0.2) is 34.5 Å². The summed E-state index contributed by atoms with van der Waals surface area (Å²) in [6.45, 7) is 17.6. The summed E-state index contributed by atoms with van der Waals surface area (Å²) in [5, 5.41) is 6.76. The highest BCUT2D eigenvalue weighted by atomic mass is 16.5. The molecule has 0 aliphatic carbocycles. The summed E-state index contributed by atoms with van der Waals surface area (Å²) in [6.07, 6.45) is 41.8. The molecule has 396 valence electrons. The number of benzene rings is 4. The van der Waals surface area contributed by atoms with Gasteiger partial charge >= 0.3 is 0 Å². The van der Waals surface area contributed by atoms with E-state index in [9.17, 15) is 0 Å². The van der Waals surface area contributed by atoms with E-state index in [4.69, 9.17) is 28.4 Å². The third kappa shape index (κ3) is 22.1. The Labute approximate surface area is 429 Å². The molecule has 4 aromatic rings. The van der Waals surface area contributed by atoms with Gasteiger partial charge in [-0.15, -0.1) is 0 Å². The quantitative estimate of drug-likeness (QED) is 0.0325. The molecule has 6 nitrogen and oxygen atoms in total. The van der Waals surface area contributed by atoms with Gasteiger partial charge in [-0.2, -0.15) is 0 Å². The van der Waals surface area contributed by atoms with Gasteiger partial charge in [0, 0.05) is 0 Å². The van der Waals surface area contributed by atoms with E-state index in [0.717, 1.165) is 137 Å².